The number of aromatic nitrogens is 1. The van der Waals surface area contributed by atoms with Gasteiger partial charge in [0, 0.05) is 0 Å². The van der Waals surface area contributed by atoms with E-state index in [0.717, 1.165) is 28.0 Å². The van der Waals surface area contributed by atoms with Crippen molar-refractivity contribution in [1.82, 2.24) is 15.2 Å². The first-order valence-electron chi connectivity index (χ1n) is 7.77. The van der Waals surface area contributed by atoms with E-state index in [4.69, 9.17) is 0 Å². The molecule has 1 saturated carbocycles. The summed E-state index contributed by atoms with van der Waals surface area (Å²) in [7, 11) is 0. The molecule has 0 spiro atoms. The number of nitrogens with zero attached hydrogens (tertiary/aromatic N) is 2. The summed E-state index contributed by atoms with van der Waals surface area (Å²) in [6.45, 7) is 1.43. The highest BCUT2D eigenvalue weighted by Crippen LogP contribution is 2.42. The molecule has 4 rings (SSSR count). The fourth-order valence-electron chi connectivity index (χ4n) is 3.02. The van der Waals surface area contributed by atoms with Crippen LogP contribution in [0.5, 0.6) is 0 Å². The van der Waals surface area contributed by atoms with Gasteiger partial charge in [0.1, 0.15) is 12.1 Å². The number of amides is 4. The largest absolute Gasteiger partial charge is 0.325 e. The fourth-order valence-corrected chi connectivity index (χ4v) is 3.91. The van der Waals surface area contributed by atoms with Crippen LogP contribution in [0.15, 0.2) is 24.3 Å². The number of hydrogen-bond donors (Lipinski definition) is 2. The highest BCUT2D eigenvalue weighted by atomic mass is 32.1. The zero-order valence-corrected chi connectivity index (χ0v) is 13.9. The van der Waals surface area contributed by atoms with Gasteiger partial charge in [0.05, 0.1) is 10.2 Å². The van der Waals surface area contributed by atoms with Gasteiger partial charge in [-0.3, -0.25) is 14.5 Å². The molecule has 2 aromatic rings. The molecule has 1 aliphatic carbocycles. The predicted molar refractivity (Wildman–Crippen MR) is 89.6 cm³/mol. The lowest BCUT2D eigenvalue weighted by Crippen LogP contribution is -2.46. The summed E-state index contributed by atoms with van der Waals surface area (Å²) in [5.74, 6) is -0.585. The summed E-state index contributed by atoms with van der Waals surface area (Å²) in [6, 6.07) is 7.05. The number of carbonyl (C=O) groups excluding carboxylic acids is 3. The quantitative estimate of drug-likeness (QED) is 0.830. The average Bonchev–Trinajstić information content (AvgIpc) is 3.28. The molecule has 0 radical (unpaired) electrons. The second-order valence-corrected chi connectivity index (χ2v) is 7.36. The molecule has 8 heteroatoms. The molecule has 1 aromatic carbocycles. The monoisotopic (exact) mass is 344 g/mol. The number of carbonyl (C=O) groups is 3. The third-order valence-electron chi connectivity index (χ3n) is 4.54. The summed E-state index contributed by atoms with van der Waals surface area (Å²) < 4.78 is 0.962. The molecular weight excluding hydrogens is 328 g/mol. The maximum atomic E-state index is 12.5. The Morgan fingerprint density at radius 1 is 1.42 bits per heavy atom. The molecule has 0 bridgehead atoms. The Balaban J connectivity index is 1.46. The average molecular weight is 344 g/mol. The van der Waals surface area contributed by atoms with Gasteiger partial charge in [-0.05, 0) is 37.8 Å². The summed E-state index contributed by atoms with van der Waals surface area (Å²) in [5.41, 5.74) is -0.0677. The van der Waals surface area contributed by atoms with Gasteiger partial charge in [0.25, 0.3) is 5.91 Å². The fraction of sp³-hybridized carbons (Fsp3) is 0.375. The molecule has 1 aromatic heterocycles. The minimum Gasteiger partial charge on any atom is -0.323 e. The zero-order chi connectivity index (χ0) is 16.9. The number of anilines is 1. The lowest BCUT2D eigenvalue weighted by atomic mass is 9.96. The molecule has 24 heavy (non-hydrogen) atoms. The Hall–Kier alpha value is -2.48. The second kappa shape index (κ2) is 5.27. The molecular formula is C16H16N4O3S. The van der Waals surface area contributed by atoms with Crippen molar-refractivity contribution in [2.24, 2.45) is 5.92 Å². The Kier molecular flexibility index (Phi) is 3.31. The molecule has 7 nitrogen and oxygen atoms in total. The van der Waals surface area contributed by atoms with Gasteiger partial charge in [-0.2, -0.15) is 0 Å². The van der Waals surface area contributed by atoms with Crippen molar-refractivity contribution in [3.63, 3.8) is 0 Å². The Morgan fingerprint density at radius 2 is 2.17 bits per heavy atom. The first-order valence-corrected chi connectivity index (χ1v) is 8.58. The zero-order valence-electron chi connectivity index (χ0n) is 13.0. The van der Waals surface area contributed by atoms with Crippen LogP contribution in [0.1, 0.15) is 19.8 Å². The molecule has 1 atom stereocenters. The number of imide groups is 1. The molecule has 124 valence electrons. The highest BCUT2D eigenvalue weighted by Gasteiger charge is 2.56. The number of para-hydroxylation sites is 1. The molecule has 4 amide bonds. The molecule has 2 aliphatic rings. The van der Waals surface area contributed by atoms with Gasteiger partial charge in [-0.15, -0.1) is 0 Å². The van der Waals surface area contributed by atoms with Gasteiger partial charge in [0.15, 0.2) is 5.13 Å². The normalized spacial score (nSPS) is 23.6. The number of thiazole rings is 1. The maximum Gasteiger partial charge on any atom is 0.325 e. The van der Waals surface area contributed by atoms with Crippen molar-refractivity contribution in [1.29, 1.82) is 0 Å². The van der Waals surface area contributed by atoms with Crippen molar-refractivity contribution in [2.45, 2.75) is 25.3 Å². The smallest absolute Gasteiger partial charge is 0.323 e. The van der Waals surface area contributed by atoms with Crippen LogP contribution < -0.4 is 10.6 Å². The number of nitrogens with one attached hydrogen (secondary N) is 2. The van der Waals surface area contributed by atoms with Gasteiger partial charge in [0.2, 0.25) is 5.91 Å². The Morgan fingerprint density at radius 3 is 2.88 bits per heavy atom. The summed E-state index contributed by atoms with van der Waals surface area (Å²) >= 11 is 1.35. The summed E-state index contributed by atoms with van der Waals surface area (Å²) in [5, 5.41) is 5.85. The molecule has 2 N–H and O–H groups in total. The Bertz CT molecular complexity index is 827. The van der Waals surface area contributed by atoms with E-state index in [1.54, 1.807) is 6.92 Å². The number of benzene rings is 1. The molecule has 1 saturated heterocycles. The lowest BCUT2D eigenvalue weighted by molar-refractivity contribution is -0.134. The summed E-state index contributed by atoms with van der Waals surface area (Å²) in [4.78, 5) is 42.1. The third-order valence-corrected chi connectivity index (χ3v) is 5.49. The van der Waals surface area contributed by atoms with E-state index in [2.05, 4.69) is 15.6 Å². The van der Waals surface area contributed by atoms with E-state index >= 15 is 0 Å². The van der Waals surface area contributed by atoms with Crippen LogP contribution in [-0.2, 0) is 9.59 Å². The molecule has 2 heterocycles. The maximum absolute atomic E-state index is 12.5. The second-order valence-electron chi connectivity index (χ2n) is 6.33. The van der Waals surface area contributed by atoms with E-state index in [0.29, 0.717) is 5.13 Å². The highest BCUT2D eigenvalue weighted by molar-refractivity contribution is 7.22. The first-order chi connectivity index (χ1) is 11.5. The van der Waals surface area contributed by atoms with Crippen LogP contribution in [0.25, 0.3) is 10.2 Å². The van der Waals surface area contributed by atoms with Crippen molar-refractivity contribution in [3.05, 3.63) is 24.3 Å². The Labute approximate surface area is 142 Å². The molecule has 2 fully saturated rings. The number of rotatable bonds is 4. The van der Waals surface area contributed by atoms with E-state index in [1.165, 1.54) is 11.3 Å². The first kappa shape index (κ1) is 15.1. The van der Waals surface area contributed by atoms with Crippen molar-refractivity contribution in [2.75, 3.05) is 11.9 Å². The minimum absolute atomic E-state index is 0.172. The van der Waals surface area contributed by atoms with Gasteiger partial charge >= 0.3 is 6.03 Å². The summed E-state index contributed by atoms with van der Waals surface area (Å²) in [6.07, 6.45) is 1.85. The van der Waals surface area contributed by atoms with Crippen LogP contribution >= 0.6 is 11.3 Å². The number of urea groups is 1. The van der Waals surface area contributed by atoms with Crippen LogP contribution in [0.2, 0.25) is 0 Å². The van der Waals surface area contributed by atoms with Crippen molar-refractivity contribution < 1.29 is 14.4 Å². The lowest BCUT2D eigenvalue weighted by Gasteiger charge is -2.20. The minimum atomic E-state index is -0.868. The third kappa shape index (κ3) is 2.43. The van der Waals surface area contributed by atoms with Crippen LogP contribution in [0, 0.1) is 5.92 Å². The number of fused-ring (bicyclic) bond motifs is 1. The SMILES string of the molecule is CC1(C2CC2)NC(=O)N(CC(=O)Nc2nc3ccccc3s2)C1=O. The van der Waals surface area contributed by atoms with Crippen molar-refractivity contribution >= 4 is 44.5 Å². The van der Waals surface area contributed by atoms with Crippen LogP contribution in [0.3, 0.4) is 0 Å². The van der Waals surface area contributed by atoms with Gasteiger partial charge in [-0.25, -0.2) is 9.78 Å². The van der Waals surface area contributed by atoms with Crippen LogP contribution in [-0.4, -0.2) is 39.8 Å². The topological polar surface area (TPSA) is 91.4 Å². The predicted octanol–water partition coefficient (Wildman–Crippen LogP) is 1.96. The molecule has 1 aliphatic heterocycles. The van der Waals surface area contributed by atoms with E-state index in [9.17, 15) is 14.4 Å². The van der Waals surface area contributed by atoms with Crippen molar-refractivity contribution in [3.8, 4) is 0 Å². The number of hydrogen-bond acceptors (Lipinski definition) is 5. The molecule has 1 unspecified atom stereocenters. The van der Waals surface area contributed by atoms with Gasteiger partial charge < -0.3 is 10.6 Å². The van der Waals surface area contributed by atoms with E-state index in [1.807, 2.05) is 24.3 Å². The van der Waals surface area contributed by atoms with E-state index in [-0.39, 0.29) is 18.4 Å². The van der Waals surface area contributed by atoms with E-state index < -0.39 is 17.5 Å². The van der Waals surface area contributed by atoms with Gasteiger partial charge in [-0.1, -0.05) is 23.5 Å². The standard InChI is InChI=1S/C16H16N4O3S/c1-16(9-6-7-9)13(22)20(15(23)19-16)8-12(21)18-14-17-10-4-2-3-5-11(10)24-14/h2-5,9H,6-8H2,1H3,(H,19,23)(H,17,18,21). The van der Waals surface area contributed by atoms with Crippen LogP contribution in [0.4, 0.5) is 9.93 Å².